The van der Waals surface area contributed by atoms with E-state index in [1.165, 1.54) is 65.6 Å². The fourth-order valence-corrected chi connectivity index (χ4v) is 9.00. The van der Waals surface area contributed by atoms with Crippen molar-refractivity contribution < 1.29 is 4.42 Å². The molecular formula is C50H30N2O. The summed E-state index contributed by atoms with van der Waals surface area (Å²) in [5.74, 6) is 0. The van der Waals surface area contributed by atoms with E-state index in [0.717, 1.165) is 44.7 Å². The van der Waals surface area contributed by atoms with Gasteiger partial charge in [-0.15, -0.1) is 0 Å². The van der Waals surface area contributed by atoms with Crippen LogP contribution in [0, 0.1) is 0 Å². The molecule has 53 heavy (non-hydrogen) atoms. The summed E-state index contributed by atoms with van der Waals surface area (Å²) in [5, 5.41) is 9.65. The van der Waals surface area contributed by atoms with Gasteiger partial charge >= 0.3 is 0 Å². The van der Waals surface area contributed by atoms with Crippen LogP contribution < -0.4 is 4.90 Å². The Labute approximate surface area is 305 Å². The van der Waals surface area contributed by atoms with Crippen LogP contribution in [0.25, 0.3) is 93.2 Å². The van der Waals surface area contributed by atoms with E-state index < -0.39 is 0 Å². The molecule has 0 saturated heterocycles. The number of hydrogen-bond donors (Lipinski definition) is 0. The number of hydrogen-bond acceptors (Lipinski definition) is 2. The fraction of sp³-hybridized carbons (Fsp3) is 0. The van der Waals surface area contributed by atoms with Gasteiger partial charge in [-0.05, 0) is 69.8 Å². The fourth-order valence-electron chi connectivity index (χ4n) is 9.00. The molecule has 0 radical (unpaired) electrons. The summed E-state index contributed by atoms with van der Waals surface area (Å²) in [6, 6.07) is 66.0. The zero-order valence-corrected chi connectivity index (χ0v) is 28.6. The molecule has 0 N–H and O–H groups in total. The summed E-state index contributed by atoms with van der Waals surface area (Å²) >= 11 is 0. The van der Waals surface area contributed by atoms with E-state index in [1.54, 1.807) is 0 Å². The molecule has 2 aromatic heterocycles. The van der Waals surface area contributed by atoms with E-state index in [0.29, 0.717) is 0 Å². The molecule has 1 aliphatic heterocycles. The number of benzene rings is 9. The van der Waals surface area contributed by atoms with Gasteiger partial charge in [0.1, 0.15) is 11.2 Å². The van der Waals surface area contributed by atoms with Crippen molar-refractivity contribution in [2.75, 3.05) is 4.90 Å². The highest BCUT2D eigenvalue weighted by Crippen LogP contribution is 2.53. The van der Waals surface area contributed by atoms with Crippen LogP contribution in [-0.4, -0.2) is 4.57 Å². The van der Waals surface area contributed by atoms with Crippen molar-refractivity contribution in [3.63, 3.8) is 0 Å². The van der Waals surface area contributed by atoms with Gasteiger partial charge in [0.2, 0.25) is 0 Å². The monoisotopic (exact) mass is 674 g/mol. The van der Waals surface area contributed by atoms with Crippen molar-refractivity contribution >= 4 is 82.4 Å². The van der Waals surface area contributed by atoms with Gasteiger partial charge in [-0.25, -0.2) is 0 Å². The van der Waals surface area contributed by atoms with Crippen LogP contribution >= 0.6 is 0 Å². The molecule has 0 aliphatic carbocycles. The molecule has 3 heteroatoms. The Bertz CT molecular complexity index is 3310. The molecule has 0 amide bonds. The van der Waals surface area contributed by atoms with Crippen molar-refractivity contribution in [1.82, 2.24) is 4.57 Å². The standard InChI is InChI=1S/C50H30N2O/c1-3-13-35-31(11-1)22-28-46-49(35)42-18-6-5-15-37(42)38-16-7-9-19-44(38)51(46)33-23-26-40-41-27-24-34(30-48(41)53-47(40)29-33)52-45-20-10-8-17-39(45)43-25-21-32-12-2-4-14-36(32)50(43)52/h1-30H. The van der Waals surface area contributed by atoms with Gasteiger partial charge < -0.3 is 13.9 Å². The first-order chi connectivity index (χ1) is 26.3. The Morgan fingerprint density at radius 2 is 0.943 bits per heavy atom. The van der Waals surface area contributed by atoms with Gasteiger partial charge in [0.05, 0.1) is 22.4 Å². The Balaban J connectivity index is 1.08. The predicted octanol–water partition coefficient (Wildman–Crippen LogP) is 14.1. The van der Waals surface area contributed by atoms with Crippen LogP contribution in [0.15, 0.2) is 186 Å². The van der Waals surface area contributed by atoms with E-state index in [1.807, 2.05) is 0 Å². The summed E-state index contributed by atoms with van der Waals surface area (Å²) in [6.45, 7) is 0. The van der Waals surface area contributed by atoms with Crippen molar-refractivity contribution in [2.24, 2.45) is 0 Å². The smallest absolute Gasteiger partial charge is 0.137 e. The van der Waals surface area contributed by atoms with E-state index in [-0.39, 0.29) is 0 Å². The summed E-state index contributed by atoms with van der Waals surface area (Å²) in [4.78, 5) is 2.42. The highest BCUT2D eigenvalue weighted by atomic mass is 16.3. The van der Waals surface area contributed by atoms with Gasteiger partial charge in [-0.2, -0.15) is 0 Å². The van der Waals surface area contributed by atoms with Crippen LogP contribution in [0.1, 0.15) is 0 Å². The third-order valence-corrected chi connectivity index (χ3v) is 11.3. The normalized spacial score (nSPS) is 12.5. The molecule has 1 aliphatic rings. The highest BCUT2D eigenvalue weighted by Gasteiger charge is 2.28. The molecule has 3 nitrogen and oxygen atoms in total. The number of aromatic nitrogens is 1. The maximum Gasteiger partial charge on any atom is 0.137 e. The molecule has 11 aromatic rings. The van der Waals surface area contributed by atoms with E-state index in [9.17, 15) is 0 Å². The van der Waals surface area contributed by atoms with Gasteiger partial charge in [0.15, 0.2) is 0 Å². The SMILES string of the molecule is c1ccc2c(c1)-c1ccccc1N(c1ccc3c(c1)oc1cc(-n4c5ccccc5c5ccc6ccccc6c54)ccc13)c1ccc3ccccc3c1-2. The lowest BCUT2D eigenvalue weighted by atomic mass is 9.91. The maximum absolute atomic E-state index is 6.83. The Morgan fingerprint density at radius 1 is 0.358 bits per heavy atom. The average molecular weight is 675 g/mol. The summed E-state index contributed by atoms with van der Waals surface area (Å²) in [5.41, 5.74) is 13.5. The molecule has 0 fully saturated rings. The lowest BCUT2D eigenvalue weighted by Crippen LogP contribution is -2.11. The Hall–Kier alpha value is -7.10. The maximum atomic E-state index is 6.83. The first-order valence-corrected chi connectivity index (χ1v) is 18.2. The van der Waals surface area contributed by atoms with Crippen LogP contribution in [-0.2, 0) is 0 Å². The summed E-state index contributed by atoms with van der Waals surface area (Å²) in [7, 11) is 0. The minimum atomic E-state index is 0.865. The minimum Gasteiger partial charge on any atom is -0.456 e. The van der Waals surface area contributed by atoms with E-state index >= 15 is 0 Å². The molecule has 0 unspecified atom stereocenters. The number of nitrogens with zero attached hydrogens (tertiary/aromatic N) is 2. The molecule has 3 heterocycles. The highest BCUT2D eigenvalue weighted by molar-refractivity contribution is 6.19. The van der Waals surface area contributed by atoms with Crippen molar-refractivity contribution in [3.8, 4) is 27.9 Å². The number of para-hydroxylation sites is 2. The predicted molar refractivity (Wildman–Crippen MR) is 222 cm³/mol. The molecular weight excluding hydrogens is 645 g/mol. The zero-order chi connectivity index (χ0) is 34.6. The Morgan fingerprint density at radius 3 is 1.77 bits per heavy atom. The van der Waals surface area contributed by atoms with Gasteiger partial charge in [0.25, 0.3) is 0 Å². The van der Waals surface area contributed by atoms with E-state index in [2.05, 4.69) is 191 Å². The van der Waals surface area contributed by atoms with Crippen LogP contribution in [0.5, 0.6) is 0 Å². The summed E-state index contributed by atoms with van der Waals surface area (Å²) < 4.78 is 9.23. The molecule has 0 saturated carbocycles. The first kappa shape index (κ1) is 28.6. The molecule has 9 aromatic carbocycles. The second kappa shape index (κ2) is 10.7. The third kappa shape index (κ3) is 3.99. The van der Waals surface area contributed by atoms with Crippen molar-refractivity contribution in [2.45, 2.75) is 0 Å². The number of furan rings is 1. The number of fused-ring (bicyclic) bond motifs is 15. The largest absolute Gasteiger partial charge is 0.456 e. The lowest BCUT2D eigenvalue weighted by Gasteiger charge is -2.27. The topological polar surface area (TPSA) is 21.3 Å². The molecule has 0 bridgehead atoms. The zero-order valence-electron chi connectivity index (χ0n) is 28.6. The first-order valence-electron chi connectivity index (χ1n) is 18.2. The Kier molecular flexibility index (Phi) is 5.77. The molecule has 0 spiro atoms. The molecule has 0 atom stereocenters. The second-order valence-corrected chi connectivity index (χ2v) is 14.1. The quantitative estimate of drug-likeness (QED) is 0.182. The number of anilines is 3. The van der Waals surface area contributed by atoms with E-state index in [4.69, 9.17) is 4.42 Å². The average Bonchev–Trinajstić information content (AvgIpc) is 3.72. The van der Waals surface area contributed by atoms with Crippen LogP contribution in [0.3, 0.4) is 0 Å². The lowest BCUT2D eigenvalue weighted by molar-refractivity contribution is 0.668. The summed E-state index contributed by atoms with van der Waals surface area (Å²) in [6.07, 6.45) is 0. The number of rotatable bonds is 2. The van der Waals surface area contributed by atoms with Crippen molar-refractivity contribution in [1.29, 1.82) is 0 Å². The van der Waals surface area contributed by atoms with Crippen LogP contribution in [0.4, 0.5) is 17.1 Å². The van der Waals surface area contributed by atoms with Gasteiger partial charge in [0, 0.05) is 61.6 Å². The second-order valence-electron chi connectivity index (χ2n) is 14.1. The third-order valence-electron chi connectivity index (χ3n) is 11.3. The van der Waals surface area contributed by atoms with Crippen LogP contribution in [0.2, 0.25) is 0 Å². The molecule has 246 valence electrons. The van der Waals surface area contributed by atoms with Crippen molar-refractivity contribution in [3.05, 3.63) is 182 Å². The molecule has 12 rings (SSSR count). The van der Waals surface area contributed by atoms with Gasteiger partial charge in [-0.3, -0.25) is 0 Å². The minimum absolute atomic E-state index is 0.865. The van der Waals surface area contributed by atoms with Gasteiger partial charge in [-0.1, -0.05) is 127 Å².